The lowest BCUT2D eigenvalue weighted by Gasteiger charge is -2.34. The largest absolute Gasteiger partial charge is 0.482 e. The number of hydrogen-bond donors (Lipinski definition) is 2. The van der Waals surface area contributed by atoms with Crippen LogP contribution in [0.25, 0.3) is 0 Å². The fourth-order valence-corrected chi connectivity index (χ4v) is 2.75. The highest BCUT2D eigenvalue weighted by atomic mass is 35.5. The number of nitrogens with one attached hydrogen (secondary N) is 1. The van der Waals surface area contributed by atoms with Gasteiger partial charge in [0.05, 0.1) is 10.4 Å². The van der Waals surface area contributed by atoms with E-state index in [-0.39, 0.29) is 25.0 Å². The Morgan fingerprint density at radius 1 is 1.36 bits per heavy atom. The van der Waals surface area contributed by atoms with E-state index in [1.807, 2.05) is 0 Å². The van der Waals surface area contributed by atoms with Gasteiger partial charge < -0.3 is 25.4 Å². The molecule has 0 aromatic heterocycles. The third kappa shape index (κ3) is 4.84. The van der Waals surface area contributed by atoms with Gasteiger partial charge in [-0.3, -0.25) is 9.59 Å². The second-order valence-electron chi connectivity index (χ2n) is 6.27. The van der Waals surface area contributed by atoms with E-state index < -0.39 is 5.41 Å². The summed E-state index contributed by atoms with van der Waals surface area (Å²) >= 11 is 6.18. The molecule has 8 heteroatoms. The van der Waals surface area contributed by atoms with E-state index in [1.165, 1.54) is 4.90 Å². The van der Waals surface area contributed by atoms with Crippen LogP contribution in [0.5, 0.6) is 5.75 Å². The van der Waals surface area contributed by atoms with Crippen LogP contribution in [0, 0.1) is 5.41 Å². The lowest BCUT2D eigenvalue weighted by atomic mass is 9.79. The molecule has 1 fully saturated rings. The minimum Gasteiger partial charge on any atom is -0.482 e. The van der Waals surface area contributed by atoms with Crippen molar-refractivity contribution in [2.75, 3.05) is 45.8 Å². The number of ether oxygens (including phenoxy) is 2. The number of halogens is 1. The SMILES string of the molecule is CN(C)C(=O)COc1ccc(NC(=O)C2(CN)CCOCC2)cc1Cl. The summed E-state index contributed by atoms with van der Waals surface area (Å²) in [6.45, 7) is 1.22. The van der Waals surface area contributed by atoms with Crippen molar-refractivity contribution in [3.8, 4) is 5.75 Å². The Morgan fingerprint density at radius 2 is 2.04 bits per heavy atom. The van der Waals surface area contributed by atoms with Crippen LogP contribution < -0.4 is 15.8 Å². The van der Waals surface area contributed by atoms with Gasteiger partial charge in [0, 0.05) is 39.5 Å². The zero-order valence-corrected chi connectivity index (χ0v) is 15.3. The maximum atomic E-state index is 12.6. The molecule has 0 radical (unpaired) electrons. The first-order valence-electron chi connectivity index (χ1n) is 8.10. The predicted molar refractivity (Wildman–Crippen MR) is 95.8 cm³/mol. The van der Waals surface area contributed by atoms with Crippen LogP contribution >= 0.6 is 11.6 Å². The van der Waals surface area contributed by atoms with Crippen molar-refractivity contribution in [3.63, 3.8) is 0 Å². The Hall–Kier alpha value is -1.83. The maximum Gasteiger partial charge on any atom is 0.259 e. The molecule has 7 nitrogen and oxygen atoms in total. The summed E-state index contributed by atoms with van der Waals surface area (Å²) in [7, 11) is 3.30. The van der Waals surface area contributed by atoms with Gasteiger partial charge in [0.25, 0.3) is 5.91 Å². The predicted octanol–water partition coefficient (Wildman–Crippen LogP) is 1.50. The van der Waals surface area contributed by atoms with Crippen molar-refractivity contribution < 1.29 is 19.1 Å². The Morgan fingerprint density at radius 3 is 2.60 bits per heavy atom. The number of hydrogen-bond acceptors (Lipinski definition) is 5. The molecule has 1 aromatic carbocycles. The summed E-state index contributed by atoms with van der Waals surface area (Å²) in [5.74, 6) is 0.0816. The van der Waals surface area contributed by atoms with Gasteiger partial charge in [-0.2, -0.15) is 0 Å². The van der Waals surface area contributed by atoms with Crippen molar-refractivity contribution in [1.29, 1.82) is 0 Å². The Kier molecular flexibility index (Phi) is 6.64. The molecule has 2 amide bonds. The molecular formula is C17H24ClN3O4. The van der Waals surface area contributed by atoms with Crippen LogP contribution in [-0.2, 0) is 14.3 Å². The van der Waals surface area contributed by atoms with E-state index in [4.69, 9.17) is 26.8 Å². The van der Waals surface area contributed by atoms with Crippen molar-refractivity contribution in [2.45, 2.75) is 12.8 Å². The first-order valence-corrected chi connectivity index (χ1v) is 8.47. The molecule has 0 spiro atoms. The van der Waals surface area contributed by atoms with Crippen LogP contribution in [0.1, 0.15) is 12.8 Å². The minimum atomic E-state index is -0.613. The van der Waals surface area contributed by atoms with Gasteiger partial charge in [0.1, 0.15) is 5.75 Å². The molecule has 1 aromatic rings. The number of rotatable bonds is 6. The standard InChI is InChI=1S/C17H24ClN3O4/c1-21(2)15(22)10-25-14-4-3-12(9-13(14)18)20-16(23)17(11-19)5-7-24-8-6-17/h3-4,9H,5-8,10-11,19H2,1-2H3,(H,20,23). The quantitative estimate of drug-likeness (QED) is 0.792. The third-order valence-corrected chi connectivity index (χ3v) is 4.66. The molecule has 2 rings (SSSR count). The van der Waals surface area contributed by atoms with E-state index in [2.05, 4.69) is 5.32 Å². The summed E-state index contributed by atoms with van der Waals surface area (Å²) in [6, 6.07) is 4.90. The molecule has 1 aliphatic rings. The fraction of sp³-hybridized carbons (Fsp3) is 0.529. The van der Waals surface area contributed by atoms with Gasteiger partial charge in [-0.15, -0.1) is 0 Å². The zero-order chi connectivity index (χ0) is 18.4. The average Bonchev–Trinajstić information content (AvgIpc) is 2.61. The van der Waals surface area contributed by atoms with Crippen LogP contribution in [-0.4, -0.2) is 57.2 Å². The smallest absolute Gasteiger partial charge is 0.259 e. The molecule has 1 saturated heterocycles. The van der Waals surface area contributed by atoms with Gasteiger partial charge in [-0.1, -0.05) is 11.6 Å². The summed E-state index contributed by atoms with van der Waals surface area (Å²) in [6.07, 6.45) is 1.19. The number of likely N-dealkylation sites (N-methyl/N-ethyl adjacent to an activating group) is 1. The number of nitrogens with two attached hydrogens (primary N) is 1. The third-order valence-electron chi connectivity index (χ3n) is 4.36. The van der Waals surface area contributed by atoms with E-state index in [9.17, 15) is 9.59 Å². The molecule has 3 N–H and O–H groups in total. The molecule has 0 unspecified atom stereocenters. The molecule has 0 aliphatic carbocycles. The number of nitrogens with zero attached hydrogens (tertiary/aromatic N) is 1. The van der Waals surface area contributed by atoms with Gasteiger partial charge in [0.15, 0.2) is 6.61 Å². The lowest BCUT2D eigenvalue weighted by Crippen LogP contribution is -2.46. The first kappa shape index (κ1) is 19.5. The molecule has 25 heavy (non-hydrogen) atoms. The van der Waals surface area contributed by atoms with Crippen molar-refractivity contribution in [1.82, 2.24) is 4.90 Å². The second kappa shape index (κ2) is 8.51. The Labute approximate surface area is 152 Å². The molecular weight excluding hydrogens is 346 g/mol. The number of anilines is 1. The zero-order valence-electron chi connectivity index (χ0n) is 14.5. The normalized spacial score (nSPS) is 16.2. The van der Waals surface area contributed by atoms with Crippen LogP contribution in [0.15, 0.2) is 18.2 Å². The van der Waals surface area contributed by atoms with E-state index in [1.54, 1.807) is 32.3 Å². The minimum absolute atomic E-state index is 0.102. The molecule has 0 bridgehead atoms. The van der Waals surface area contributed by atoms with Gasteiger partial charge in [-0.05, 0) is 31.0 Å². The van der Waals surface area contributed by atoms with Crippen LogP contribution in [0.4, 0.5) is 5.69 Å². The number of carbonyl (C=O) groups is 2. The molecule has 138 valence electrons. The molecule has 1 aliphatic heterocycles. The highest BCUT2D eigenvalue weighted by molar-refractivity contribution is 6.32. The lowest BCUT2D eigenvalue weighted by molar-refractivity contribution is -0.131. The molecule has 0 atom stereocenters. The Balaban J connectivity index is 2.02. The van der Waals surface area contributed by atoms with Gasteiger partial charge in [0.2, 0.25) is 5.91 Å². The number of carbonyl (C=O) groups excluding carboxylic acids is 2. The highest BCUT2D eigenvalue weighted by Crippen LogP contribution is 2.32. The summed E-state index contributed by atoms with van der Waals surface area (Å²) in [5.41, 5.74) is 5.78. The van der Waals surface area contributed by atoms with Gasteiger partial charge >= 0.3 is 0 Å². The van der Waals surface area contributed by atoms with Crippen molar-refractivity contribution in [2.24, 2.45) is 11.1 Å². The molecule has 0 saturated carbocycles. The van der Waals surface area contributed by atoms with Crippen LogP contribution in [0.2, 0.25) is 5.02 Å². The molecule has 1 heterocycles. The fourth-order valence-electron chi connectivity index (χ4n) is 2.51. The first-order chi connectivity index (χ1) is 11.9. The van der Waals surface area contributed by atoms with E-state index in [0.717, 1.165) is 0 Å². The van der Waals surface area contributed by atoms with Crippen molar-refractivity contribution >= 4 is 29.1 Å². The van der Waals surface area contributed by atoms with Crippen molar-refractivity contribution in [3.05, 3.63) is 23.2 Å². The summed E-state index contributed by atoms with van der Waals surface area (Å²) in [4.78, 5) is 25.6. The topological polar surface area (TPSA) is 93.9 Å². The van der Waals surface area contributed by atoms with Crippen LogP contribution in [0.3, 0.4) is 0 Å². The van der Waals surface area contributed by atoms with Gasteiger partial charge in [-0.25, -0.2) is 0 Å². The highest BCUT2D eigenvalue weighted by Gasteiger charge is 2.38. The summed E-state index contributed by atoms with van der Waals surface area (Å²) < 4.78 is 10.7. The summed E-state index contributed by atoms with van der Waals surface area (Å²) in [5, 5.41) is 3.18. The monoisotopic (exact) mass is 369 g/mol. The second-order valence-corrected chi connectivity index (χ2v) is 6.68. The van der Waals surface area contributed by atoms with E-state index in [0.29, 0.717) is 42.5 Å². The Bertz CT molecular complexity index is 630. The number of amides is 2. The van der Waals surface area contributed by atoms with E-state index >= 15 is 0 Å². The average molecular weight is 370 g/mol. The number of benzene rings is 1. The maximum absolute atomic E-state index is 12.6.